The minimum Gasteiger partial charge on any atom is -0.208 e. The molecule has 1 unspecified atom stereocenters. The highest BCUT2D eigenvalue weighted by Gasteiger charge is 2.53. The molecule has 1 heterocycles. The number of nitrogens with zero attached hydrogens (tertiary/aromatic N) is 4. The van der Waals surface area contributed by atoms with Gasteiger partial charge in [-0.3, -0.25) is 0 Å². The van der Waals surface area contributed by atoms with Gasteiger partial charge in [-0.2, -0.15) is 5.26 Å². The number of rotatable bonds is 6. The van der Waals surface area contributed by atoms with Crippen molar-refractivity contribution in [3.05, 3.63) is 185 Å². The molecule has 0 saturated heterocycles. The van der Waals surface area contributed by atoms with Crippen LogP contribution in [0.5, 0.6) is 0 Å². The molecule has 4 nitrogen and oxygen atoms in total. The van der Waals surface area contributed by atoms with E-state index in [1.165, 1.54) is 71.9 Å². The molecule has 4 saturated carbocycles. The van der Waals surface area contributed by atoms with Gasteiger partial charge in [0.25, 0.3) is 0 Å². The zero-order valence-electron chi connectivity index (χ0n) is 30.7. The van der Waals surface area contributed by atoms with Crippen LogP contribution < -0.4 is 0 Å². The number of hydrogen-bond acceptors (Lipinski definition) is 4. The smallest absolute Gasteiger partial charge is 0.164 e. The van der Waals surface area contributed by atoms with Crippen molar-refractivity contribution in [1.29, 1.82) is 5.26 Å². The van der Waals surface area contributed by atoms with Crippen molar-refractivity contribution in [3.63, 3.8) is 0 Å². The maximum Gasteiger partial charge on any atom is 0.164 e. The molecule has 12 rings (SSSR count). The monoisotopic (exact) mass is 708 g/mol. The highest BCUT2D eigenvalue weighted by Crippen LogP contribution is 2.63. The summed E-state index contributed by atoms with van der Waals surface area (Å²) in [5.41, 5.74) is 11.9. The van der Waals surface area contributed by atoms with E-state index in [2.05, 4.69) is 115 Å². The van der Waals surface area contributed by atoms with Crippen LogP contribution in [-0.2, 0) is 10.8 Å². The van der Waals surface area contributed by atoms with E-state index in [-0.39, 0.29) is 5.41 Å². The second kappa shape index (κ2) is 12.4. The predicted octanol–water partition coefficient (Wildman–Crippen LogP) is 11.6. The van der Waals surface area contributed by atoms with Gasteiger partial charge in [0.15, 0.2) is 17.5 Å². The lowest BCUT2D eigenvalue weighted by atomic mass is 9.48. The molecular formula is C51H40N4. The molecule has 264 valence electrons. The van der Waals surface area contributed by atoms with Gasteiger partial charge in [0.1, 0.15) is 0 Å². The number of nitriles is 1. The standard InChI is InChI=1S/C51H40N4/c52-32-33-11-10-18-42(26-33)51(40-16-8-3-9-17-40)45-22-19-39(49-54-47(37-12-4-1-5-13-37)53-48(55-49)38-14-6-2-7-15-38)27-44(45)43-21-20-41(28-46(43)51)50-29-34-23-35(30-50)25-36(24-34)31-50/h1-22,26-28,34-36H,23-25,29-31H2/t34-,35+,36-,50?,51?. The van der Waals surface area contributed by atoms with Crippen LogP contribution in [0.3, 0.4) is 0 Å². The molecular weight excluding hydrogens is 669 g/mol. The topological polar surface area (TPSA) is 62.5 Å². The van der Waals surface area contributed by atoms with Crippen LogP contribution in [0.4, 0.5) is 0 Å². The Morgan fingerprint density at radius 1 is 0.455 bits per heavy atom. The van der Waals surface area contributed by atoms with Gasteiger partial charge in [0, 0.05) is 16.7 Å². The van der Waals surface area contributed by atoms with Crippen molar-refractivity contribution in [2.24, 2.45) is 17.8 Å². The van der Waals surface area contributed by atoms with E-state index in [4.69, 9.17) is 15.0 Å². The summed E-state index contributed by atoms with van der Waals surface area (Å²) in [5.74, 6) is 4.51. The molecule has 7 aromatic rings. The van der Waals surface area contributed by atoms with Gasteiger partial charge in [-0.1, -0.05) is 133 Å². The quantitative estimate of drug-likeness (QED) is 0.172. The average Bonchev–Trinajstić information content (AvgIpc) is 3.54. The van der Waals surface area contributed by atoms with Crippen molar-refractivity contribution in [1.82, 2.24) is 15.0 Å². The summed E-state index contributed by atoms with van der Waals surface area (Å²) < 4.78 is 0. The zero-order valence-corrected chi connectivity index (χ0v) is 30.7. The first-order valence-electron chi connectivity index (χ1n) is 19.8. The summed E-state index contributed by atoms with van der Waals surface area (Å²) in [7, 11) is 0. The Balaban J connectivity index is 1.16. The van der Waals surface area contributed by atoms with Gasteiger partial charge in [-0.25, -0.2) is 15.0 Å². The summed E-state index contributed by atoms with van der Waals surface area (Å²) in [6.07, 6.45) is 8.19. The lowest BCUT2D eigenvalue weighted by Gasteiger charge is -2.57. The maximum absolute atomic E-state index is 10.2. The molecule has 0 radical (unpaired) electrons. The Morgan fingerprint density at radius 2 is 1.02 bits per heavy atom. The molecule has 4 heteroatoms. The first kappa shape index (κ1) is 32.3. The zero-order chi connectivity index (χ0) is 36.6. The van der Waals surface area contributed by atoms with Crippen molar-refractivity contribution in [2.45, 2.75) is 49.4 Å². The summed E-state index contributed by atoms with van der Waals surface area (Å²) in [6.45, 7) is 0. The second-order valence-corrected chi connectivity index (χ2v) is 16.6. The SMILES string of the molecule is N#Cc1cccc(C2(c3ccccc3)c3ccc(-c4nc(-c5ccccc5)nc(-c5ccccc5)n4)cc3-c3ccc(C45C[C@H]6C[C@@H](C4)C[C@@H](C5)C6)cc32)c1. The molecule has 4 bridgehead atoms. The first-order valence-corrected chi connectivity index (χ1v) is 19.8. The third-order valence-electron chi connectivity index (χ3n) is 13.4. The van der Waals surface area contributed by atoms with Gasteiger partial charge < -0.3 is 0 Å². The molecule has 55 heavy (non-hydrogen) atoms. The summed E-state index contributed by atoms with van der Waals surface area (Å²) >= 11 is 0. The fraction of sp³-hybridized carbons (Fsp3) is 0.216. The molecule has 4 fully saturated rings. The van der Waals surface area contributed by atoms with Crippen molar-refractivity contribution >= 4 is 0 Å². The van der Waals surface area contributed by atoms with Gasteiger partial charge in [0.05, 0.1) is 17.0 Å². The normalized spacial score (nSPS) is 24.2. The molecule has 0 amide bonds. The number of fused-ring (bicyclic) bond motifs is 3. The second-order valence-electron chi connectivity index (χ2n) is 16.6. The van der Waals surface area contributed by atoms with Crippen LogP contribution in [0.15, 0.2) is 152 Å². The Morgan fingerprint density at radius 3 is 1.62 bits per heavy atom. The number of hydrogen-bond donors (Lipinski definition) is 0. The van der Waals surface area contributed by atoms with E-state index in [0.29, 0.717) is 23.0 Å². The molecule has 0 spiro atoms. The highest BCUT2D eigenvalue weighted by atomic mass is 15.0. The Labute approximate surface area is 322 Å². The van der Waals surface area contributed by atoms with Crippen molar-refractivity contribution in [2.75, 3.05) is 0 Å². The molecule has 6 aromatic carbocycles. The molecule has 0 N–H and O–H groups in total. The van der Waals surface area contributed by atoms with Gasteiger partial charge in [0.2, 0.25) is 0 Å². The summed E-state index contributed by atoms with van der Waals surface area (Å²) in [6, 6.07) is 56.3. The van der Waals surface area contributed by atoms with Crippen LogP contribution in [0.25, 0.3) is 45.3 Å². The van der Waals surface area contributed by atoms with E-state index >= 15 is 0 Å². The van der Waals surface area contributed by atoms with Gasteiger partial charge in [-0.15, -0.1) is 0 Å². The Kier molecular flexibility index (Phi) is 7.29. The lowest BCUT2D eigenvalue weighted by Crippen LogP contribution is -2.48. The van der Waals surface area contributed by atoms with E-state index in [1.54, 1.807) is 0 Å². The minimum atomic E-state index is -0.612. The third-order valence-corrected chi connectivity index (χ3v) is 13.4. The van der Waals surface area contributed by atoms with Gasteiger partial charge in [-0.05, 0) is 119 Å². The van der Waals surface area contributed by atoms with E-state index in [9.17, 15) is 5.26 Å². The Bertz CT molecular complexity index is 2550. The Hall–Kier alpha value is -6.18. The van der Waals surface area contributed by atoms with E-state index < -0.39 is 5.41 Å². The molecule has 5 aliphatic carbocycles. The average molecular weight is 709 g/mol. The third kappa shape index (κ3) is 5.06. The fourth-order valence-electron chi connectivity index (χ4n) is 11.5. The first-order chi connectivity index (χ1) is 27.1. The molecule has 1 aromatic heterocycles. The van der Waals surface area contributed by atoms with Crippen LogP contribution >= 0.6 is 0 Å². The number of aromatic nitrogens is 3. The van der Waals surface area contributed by atoms with Gasteiger partial charge >= 0.3 is 0 Å². The summed E-state index contributed by atoms with van der Waals surface area (Å²) in [4.78, 5) is 15.2. The van der Waals surface area contributed by atoms with E-state index in [0.717, 1.165) is 40.0 Å². The molecule has 0 aliphatic heterocycles. The van der Waals surface area contributed by atoms with Crippen LogP contribution in [0, 0.1) is 29.1 Å². The lowest BCUT2D eigenvalue weighted by molar-refractivity contribution is -0.00522. The maximum atomic E-state index is 10.2. The molecule has 5 aliphatic rings. The predicted molar refractivity (Wildman–Crippen MR) is 218 cm³/mol. The molecule has 1 atom stereocenters. The van der Waals surface area contributed by atoms with Crippen molar-refractivity contribution in [3.8, 4) is 51.4 Å². The van der Waals surface area contributed by atoms with Crippen LogP contribution in [-0.4, -0.2) is 15.0 Å². The van der Waals surface area contributed by atoms with Crippen LogP contribution in [0.2, 0.25) is 0 Å². The number of benzene rings is 6. The highest BCUT2D eigenvalue weighted by molar-refractivity contribution is 5.89. The van der Waals surface area contributed by atoms with Crippen LogP contribution in [0.1, 0.15) is 71.9 Å². The largest absolute Gasteiger partial charge is 0.208 e. The van der Waals surface area contributed by atoms with Crippen molar-refractivity contribution < 1.29 is 0 Å². The van der Waals surface area contributed by atoms with E-state index in [1.807, 2.05) is 42.5 Å². The summed E-state index contributed by atoms with van der Waals surface area (Å²) in [5, 5.41) is 10.2. The fourth-order valence-corrected chi connectivity index (χ4v) is 11.5. The minimum absolute atomic E-state index is 0.243.